The van der Waals surface area contributed by atoms with E-state index in [0.29, 0.717) is 55.0 Å². The minimum Gasteiger partial charge on any atom is -0.493 e. The fourth-order valence-corrected chi connectivity index (χ4v) is 3.31. The summed E-state index contributed by atoms with van der Waals surface area (Å²) < 4.78 is 10.7. The number of carbonyl (C=O) groups excluding carboxylic acids is 2. The lowest BCUT2D eigenvalue weighted by Crippen LogP contribution is -2.30. The van der Waals surface area contributed by atoms with E-state index in [1.807, 2.05) is 0 Å². The summed E-state index contributed by atoms with van der Waals surface area (Å²) in [6.07, 6.45) is 4.52. The van der Waals surface area contributed by atoms with Crippen LogP contribution in [0.25, 0.3) is 0 Å². The highest BCUT2D eigenvalue weighted by Crippen LogP contribution is 2.28. The monoisotopic (exact) mass is 346 g/mol. The Balaban J connectivity index is 1.78. The molecule has 2 fully saturated rings. The van der Waals surface area contributed by atoms with Gasteiger partial charge in [0.1, 0.15) is 5.75 Å². The highest BCUT2D eigenvalue weighted by atomic mass is 16.5. The third-order valence-electron chi connectivity index (χ3n) is 5.19. The summed E-state index contributed by atoms with van der Waals surface area (Å²) in [7, 11) is 1.33. The molecular formula is C19H26N2O4. The van der Waals surface area contributed by atoms with Crippen molar-refractivity contribution in [3.63, 3.8) is 0 Å². The van der Waals surface area contributed by atoms with Crippen LogP contribution in [0, 0.1) is 11.8 Å². The average Bonchev–Trinajstić information content (AvgIpc) is 3.08. The molecule has 25 heavy (non-hydrogen) atoms. The molecule has 1 amide bonds. The first kappa shape index (κ1) is 17.7. The summed E-state index contributed by atoms with van der Waals surface area (Å²) in [4.78, 5) is 26.5. The number of methoxy groups -OCH3 is 1. The van der Waals surface area contributed by atoms with E-state index < -0.39 is 5.97 Å². The van der Waals surface area contributed by atoms with E-state index in [2.05, 4.69) is 0 Å². The number of ether oxygens (including phenoxy) is 2. The molecule has 0 aromatic heterocycles. The van der Waals surface area contributed by atoms with Crippen LogP contribution in [0.15, 0.2) is 18.2 Å². The Morgan fingerprint density at radius 1 is 1.16 bits per heavy atom. The predicted molar refractivity (Wildman–Crippen MR) is 93.7 cm³/mol. The van der Waals surface area contributed by atoms with Crippen molar-refractivity contribution in [2.45, 2.75) is 25.7 Å². The zero-order valence-electron chi connectivity index (χ0n) is 14.7. The molecule has 1 heterocycles. The highest BCUT2D eigenvalue weighted by Gasteiger charge is 2.27. The van der Waals surface area contributed by atoms with E-state index in [-0.39, 0.29) is 5.91 Å². The van der Waals surface area contributed by atoms with Gasteiger partial charge in [-0.15, -0.1) is 0 Å². The van der Waals surface area contributed by atoms with Crippen LogP contribution in [0.4, 0.5) is 0 Å². The molecule has 1 aliphatic heterocycles. The van der Waals surface area contributed by atoms with Crippen LogP contribution in [0.3, 0.4) is 0 Å². The van der Waals surface area contributed by atoms with Gasteiger partial charge in [0.15, 0.2) is 0 Å². The molecule has 1 aliphatic carbocycles. The van der Waals surface area contributed by atoms with Gasteiger partial charge in [0.2, 0.25) is 0 Å². The van der Waals surface area contributed by atoms with Crippen LogP contribution >= 0.6 is 0 Å². The van der Waals surface area contributed by atoms with E-state index in [9.17, 15) is 9.59 Å². The molecule has 1 saturated heterocycles. The number of hydrogen-bond donors (Lipinski definition) is 1. The predicted octanol–water partition coefficient (Wildman–Crippen LogP) is 2.07. The molecule has 2 aliphatic rings. The van der Waals surface area contributed by atoms with Crippen molar-refractivity contribution in [3.05, 3.63) is 29.3 Å². The number of amides is 1. The summed E-state index contributed by atoms with van der Waals surface area (Å²) >= 11 is 0. The Labute approximate surface area is 148 Å². The second kappa shape index (κ2) is 7.87. The van der Waals surface area contributed by atoms with Crippen molar-refractivity contribution in [1.82, 2.24) is 4.90 Å². The second-order valence-corrected chi connectivity index (χ2v) is 6.99. The number of esters is 1. The zero-order chi connectivity index (χ0) is 17.8. The Morgan fingerprint density at radius 2 is 1.92 bits per heavy atom. The molecule has 2 N–H and O–H groups in total. The topological polar surface area (TPSA) is 81.9 Å². The van der Waals surface area contributed by atoms with Crippen molar-refractivity contribution >= 4 is 11.9 Å². The van der Waals surface area contributed by atoms with Gasteiger partial charge < -0.3 is 20.1 Å². The summed E-state index contributed by atoms with van der Waals surface area (Å²) in [5.74, 6) is 0.916. The van der Waals surface area contributed by atoms with Crippen LogP contribution in [-0.4, -0.2) is 50.1 Å². The number of carbonyl (C=O) groups is 2. The number of benzene rings is 1. The van der Waals surface area contributed by atoms with E-state index in [1.54, 1.807) is 23.1 Å². The molecule has 1 aromatic carbocycles. The van der Waals surface area contributed by atoms with Gasteiger partial charge in [0.05, 0.1) is 19.3 Å². The molecule has 136 valence electrons. The largest absolute Gasteiger partial charge is 0.493 e. The van der Waals surface area contributed by atoms with Gasteiger partial charge in [0, 0.05) is 18.7 Å². The SMILES string of the molecule is COC(=O)c1cc(OCC2CCC2)cc(C(=O)N2CC[C@H](CN)C2)c1. The fraction of sp³-hybridized carbons (Fsp3) is 0.579. The van der Waals surface area contributed by atoms with E-state index in [1.165, 1.54) is 26.4 Å². The molecular weight excluding hydrogens is 320 g/mol. The van der Waals surface area contributed by atoms with E-state index >= 15 is 0 Å². The molecule has 6 nitrogen and oxygen atoms in total. The van der Waals surface area contributed by atoms with E-state index in [0.717, 1.165) is 6.42 Å². The van der Waals surface area contributed by atoms with Crippen LogP contribution in [-0.2, 0) is 4.74 Å². The number of nitrogens with zero attached hydrogens (tertiary/aromatic N) is 1. The first-order chi connectivity index (χ1) is 12.1. The van der Waals surface area contributed by atoms with Gasteiger partial charge in [-0.1, -0.05) is 6.42 Å². The van der Waals surface area contributed by atoms with Gasteiger partial charge in [-0.3, -0.25) is 4.79 Å². The molecule has 1 saturated carbocycles. The van der Waals surface area contributed by atoms with Crippen molar-refractivity contribution < 1.29 is 19.1 Å². The fourth-order valence-electron chi connectivity index (χ4n) is 3.31. The molecule has 0 bridgehead atoms. The van der Waals surface area contributed by atoms with Gasteiger partial charge in [0.25, 0.3) is 5.91 Å². The number of likely N-dealkylation sites (tertiary alicyclic amines) is 1. The number of nitrogens with two attached hydrogens (primary N) is 1. The maximum atomic E-state index is 12.8. The van der Waals surface area contributed by atoms with Crippen molar-refractivity contribution in [3.8, 4) is 5.75 Å². The van der Waals surface area contributed by atoms with Gasteiger partial charge in [-0.25, -0.2) is 4.79 Å². The quantitative estimate of drug-likeness (QED) is 0.798. The first-order valence-electron chi connectivity index (χ1n) is 8.96. The lowest BCUT2D eigenvalue weighted by atomic mass is 9.86. The van der Waals surface area contributed by atoms with Crippen molar-refractivity contribution in [1.29, 1.82) is 0 Å². The molecule has 0 unspecified atom stereocenters. The Bertz CT molecular complexity index is 642. The average molecular weight is 346 g/mol. The second-order valence-electron chi connectivity index (χ2n) is 6.99. The minimum atomic E-state index is -0.468. The number of rotatable bonds is 6. The minimum absolute atomic E-state index is 0.0878. The normalized spacial score (nSPS) is 20.2. The lowest BCUT2D eigenvalue weighted by molar-refractivity contribution is 0.0600. The smallest absolute Gasteiger partial charge is 0.338 e. The maximum Gasteiger partial charge on any atom is 0.338 e. The van der Waals surface area contributed by atoms with Crippen LogP contribution in [0.5, 0.6) is 5.75 Å². The van der Waals surface area contributed by atoms with Crippen LogP contribution in [0.1, 0.15) is 46.4 Å². The van der Waals surface area contributed by atoms with E-state index in [4.69, 9.17) is 15.2 Å². The summed E-state index contributed by atoms with van der Waals surface area (Å²) in [5.41, 5.74) is 6.51. The van der Waals surface area contributed by atoms with Crippen LogP contribution < -0.4 is 10.5 Å². The van der Waals surface area contributed by atoms with Crippen LogP contribution in [0.2, 0.25) is 0 Å². The summed E-state index contributed by atoms with van der Waals surface area (Å²) in [6, 6.07) is 4.96. The zero-order valence-corrected chi connectivity index (χ0v) is 14.7. The van der Waals surface area contributed by atoms with Crippen molar-refractivity contribution in [2.24, 2.45) is 17.6 Å². The Hall–Kier alpha value is -2.08. The molecule has 0 spiro atoms. The Morgan fingerprint density at radius 3 is 2.52 bits per heavy atom. The molecule has 0 radical (unpaired) electrons. The lowest BCUT2D eigenvalue weighted by Gasteiger charge is -2.25. The summed E-state index contributed by atoms with van der Waals surface area (Å²) in [5, 5.41) is 0. The van der Waals surface area contributed by atoms with Gasteiger partial charge in [-0.2, -0.15) is 0 Å². The van der Waals surface area contributed by atoms with Gasteiger partial charge in [-0.05, 0) is 55.8 Å². The molecule has 1 aromatic rings. The van der Waals surface area contributed by atoms with Crippen molar-refractivity contribution in [2.75, 3.05) is 33.4 Å². The van der Waals surface area contributed by atoms with Gasteiger partial charge >= 0.3 is 5.97 Å². The molecule has 3 rings (SSSR count). The Kier molecular flexibility index (Phi) is 5.58. The molecule has 6 heteroatoms. The maximum absolute atomic E-state index is 12.8. The third-order valence-corrected chi connectivity index (χ3v) is 5.19. The summed E-state index contributed by atoms with van der Waals surface area (Å²) in [6.45, 7) is 2.57. The highest BCUT2D eigenvalue weighted by molar-refractivity contribution is 5.98. The third kappa shape index (κ3) is 4.12. The number of hydrogen-bond acceptors (Lipinski definition) is 5. The standard InChI is InChI=1S/C19H26N2O4/c1-24-19(23)16-7-15(18(22)21-6-5-14(10-20)11-21)8-17(9-16)25-12-13-3-2-4-13/h7-9,13-14H,2-6,10-12,20H2,1H3/t14-/m1/s1. The molecule has 1 atom stereocenters. The first-order valence-corrected chi connectivity index (χ1v) is 8.96.